The van der Waals surface area contributed by atoms with Gasteiger partial charge >= 0.3 is 5.97 Å². The predicted molar refractivity (Wildman–Crippen MR) is 106 cm³/mol. The summed E-state index contributed by atoms with van der Waals surface area (Å²) < 4.78 is 4.73. The highest BCUT2D eigenvalue weighted by molar-refractivity contribution is 6.34. The normalized spacial score (nSPS) is 18.4. The van der Waals surface area contributed by atoms with E-state index in [-0.39, 0.29) is 24.8 Å². The molecule has 1 atom stereocenters. The van der Waals surface area contributed by atoms with E-state index in [1.54, 1.807) is 17.0 Å². The number of fused-ring (bicyclic) bond motifs is 1. The van der Waals surface area contributed by atoms with Crippen LogP contribution in [0, 0.1) is 5.92 Å². The molecule has 2 aliphatic heterocycles. The van der Waals surface area contributed by atoms with Crippen LogP contribution >= 0.6 is 11.6 Å². The molecular formula is C21H19ClN2O4. The number of ether oxygens (including phenoxy) is 1. The van der Waals surface area contributed by atoms with E-state index >= 15 is 0 Å². The van der Waals surface area contributed by atoms with Crippen LogP contribution in [-0.2, 0) is 20.7 Å². The molecule has 28 heavy (non-hydrogen) atoms. The highest BCUT2D eigenvalue weighted by Crippen LogP contribution is 2.35. The van der Waals surface area contributed by atoms with Gasteiger partial charge in [0, 0.05) is 25.2 Å². The van der Waals surface area contributed by atoms with E-state index in [0.29, 0.717) is 22.8 Å². The molecular weight excluding hydrogens is 380 g/mol. The number of halogens is 1. The molecule has 0 spiro atoms. The Morgan fingerprint density at radius 2 is 1.93 bits per heavy atom. The molecule has 0 N–H and O–H groups in total. The minimum absolute atomic E-state index is 0.0546. The Hall–Kier alpha value is -2.86. The number of para-hydroxylation sites is 1. The average Bonchev–Trinajstić information content (AvgIpc) is 3.31. The van der Waals surface area contributed by atoms with Gasteiger partial charge in [0.1, 0.15) is 0 Å². The second-order valence-corrected chi connectivity index (χ2v) is 7.34. The first-order valence-electron chi connectivity index (χ1n) is 9.07. The molecule has 1 saturated heterocycles. The lowest BCUT2D eigenvalue weighted by atomic mass is 10.1. The van der Waals surface area contributed by atoms with Gasteiger partial charge in [-0.25, -0.2) is 4.79 Å². The summed E-state index contributed by atoms with van der Waals surface area (Å²) in [6, 6.07) is 12.5. The van der Waals surface area contributed by atoms with Gasteiger partial charge in [0.15, 0.2) is 0 Å². The summed E-state index contributed by atoms with van der Waals surface area (Å²) in [5.74, 6) is -1.20. The van der Waals surface area contributed by atoms with Crippen molar-refractivity contribution in [1.29, 1.82) is 0 Å². The van der Waals surface area contributed by atoms with Gasteiger partial charge in [-0.3, -0.25) is 9.59 Å². The highest BCUT2D eigenvalue weighted by atomic mass is 35.5. The van der Waals surface area contributed by atoms with Crippen LogP contribution in [0.15, 0.2) is 42.5 Å². The minimum Gasteiger partial charge on any atom is -0.465 e. The van der Waals surface area contributed by atoms with Crippen LogP contribution in [-0.4, -0.2) is 38.0 Å². The van der Waals surface area contributed by atoms with Crippen molar-refractivity contribution in [3.8, 4) is 0 Å². The molecule has 0 aromatic heterocycles. The maximum atomic E-state index is 13.1. The van der Waals surface area contributed by atoms with E-state index in [0.717, 1.165) is 17.7 Å². The van der Waals surface area contributed by atoms with Crippen molar-refractivity contribution in [3.63, 3.8) is 0 Å². The smallest absolute Gasteiger partial charge is 0.337 e. The number of rotatable bonds is 3. The van der Waals surface area contributed by atoms with E-state index in [4.69, 9.17) is 16.3 Å². The van der Waals surface area contributed by atoms with E-state index in [2.05, 4.69) is 0 Å². The summed E-state index contributed by atoms with van der Waals surface area (Å²) in [5, 5.41) is 0.348. The lowest BCUT2D eigenvalue weighted by Crippen LogP contribution is -2.36. The summed E-state index contributed by atoms with van der Waals surface area (Å²) in [7, 11) is 1.29. The Balaban J connectivity index is 1.57. The molecule has 2 amide bonds. The number of esters is 1. The Labute approximate surface area is 167 Å². The predicted octanol–water partition coefficient (Wildman–Crippen LogP) is 3.07. The van der Waals surface area contributed by atoms with Crippen LogP contribution < -0.4 is 9.80 Å². The van der Waals surface area contributed by atoms with Gasteiger partial charge in [0.2, 0.25) is 11.8 Å². The van der Waals surface area contributed by atoms with Gasteiger partial charge < -0.3 is 14.5 Å². The van der Waals surface area contributed by atoms with Gasteiger partial charge in [0.25, 0.3) is 0 Å². The molecule has 0 bridgehead atoms. The quantitative estimate of drug-likeness (QED) is 0.745. The molecule has 4 rings (SSSR count). The van der Waals surface area contributed by atoms with Gasteiger partial charge in [-0.05, 0) is 36.2 Å². The Morgan fingerprint density at radius 1 is 1.14 bits per heavy atom. The van der Waals surface area contributed by atoms with Crippen molar-refractivity contribution in [2.24, 2.45) is 5.92 Å². The van der Waals surface area contributed by atoms with Crippen LogP contribution in [0.3, 0.4) is 0 Å². The number of benzene rings is 2. The fourth-order valence-corrected chi connectivity index (χ4v) is 4.08. The third-order valence-electron chi connectivity index (χ3n) is 5.29. The second-order valence-electron chi connectivity index (χ2n) is 6.93. The maximum Gasteiger partial charge on any atom is 0.337 e. The van der Waals surface area contributed by atoms with Gasteiger partial charge in [0.05, 0.1) is 29.3 Å². The average molecular weight is 399 g/mol. The number of carbonyl (C=O) groups is 3. The third kappa shape index (κ3) is 3.14. The number of nitrogens with zero attached hydrogens (tertiary/aromatic N) is 2. The molecule has 2 aromatic carbocycles. The monoisotopic (exact) mass is 398 g/mol. The maximum absolute atomic E-state index is 13.1. The SMILES string of the molecule is COC(=O)c1ccc(Cl)c(N2CC(C(=O)N3CCc4ccccc43)CC2=O)c1. The molecule has 2 aromatic rings. The topological polar surface area (TPSA) is 66.9 Å². The standard InChI is InChI=1S/C21H19ClN2O4/c1-28-21(27)14-6-7-16(22)18(10-14)24-12-15(11-19(24)25)20(26)23-9-8-13-4-2-3-5-17(13)23/h2-7,10,15H,8-9,11-12H2,1H3. The zero-order chi connectivity index (χ0) is 19.8. The molecule has 0 saturated carbocycles. The highest BCUT2D eigenvalue weighted by Gasteiger charge is 2.39. The summed E-state index contributed by atoms with van der Waals surface area (Å²) in [6.45, 7) is 0.863. The van der Waals surface area contributed by atoms with Gasteiger partial charge in [-0.15, -0.1) is 0 Å². The van der Waals surface area contributed by atoms with Crippen molar-refractivity contribution < 1.29 is 19.1 Å². The molecule has 2 aliphatic rings. The lowest BCUT2D eigenvalue weighted by molar-refractivity contribution is -0.124. The van der Waals surface area contributed by atoms with Crippen molar-refractivity contribution >= 4 is 40.8 Å². The van der Waals surface area contributed by atoms with Crippen molar-refractivity contribution in [1.82, 2.24) is 0 Å². The first-order valence-corrected chi connectivity index (χ1v) is 9.45. The first kappa shape index (κ1) is 18.5. The van der Waals surface area contributed by atoms with Gasteiger partial charge in [-0.2, -0.15) is 0 Å². The fraction of sp³-hybridized carbons (Fsp3) is 0.286. The number of anilines is 2. The zero-order valence-electron chi connectivity index (χ0n) is 15.4. The zero-order valence-corrected chi connectivity index (χ0v) is 16.1. The molecule has 0 aliphatic carbocycles. The Bertz CT molecular complexity index is 975. The van der Waals surface area contributed by atoms with Crippen molar-refractivity contribution in [2.75, 3.05) is 30.0 Å². The van der Waals surface area contributed by atoms with Crippen molar-refractivity contribution in [2.45, 2.75) is 12.8 Å². The molecule has 0 radical (unpaired) electrons. The van der Waals surface area contributed by atoms with E-state index < -0.39 is 11.9 Å². The van der Waals surface area contributed by atoms with Crippen LogP contribution in [0.1, 0.15) is 22.3 Å². The molecule has 1 fully saturated rings. The number of hydrogen-bond acceptors (Lipinski definition) is 4. The third-order valence-corrected chi connectivity index (χ3v) is 5.61. The second kappa shape index (κ2) is 7.28. The summed E-state index contributed by atoms with van der Waals surface area (Å²) >= 11 is 6.27. The number of hydrogen-bond donors (Lipinski definition) is 0. The van der Waals surface area contributed by atoms with Gasteiger partial charge in [-0.1, -0.05) is 29.8 Å². The summed E-state index contributed by atoms with van der Waals surface area (Å²) in [5.41, 5.74) is 2.79. The minimum atomic E-state index is -0.508. The largest absolute Gasteiger partial charge is 0.465 e. The molecule has 6 nitrogen and oxygen atoms in total. The van der Waals surface area contributed by atoms with E-state index in [1.165, 1.54) is 18.1 Å². The lowest BCUT2D eigenvalue weighted by Gasteiger charge is -2.22. The molecule has 144 valence electrons. The number of carbonyl (C=O) groups excluding carboxylic acids is 3. The number of amides is 2. The van der Waals surface area contributed by atoms with Crippen LogP contribution in [0.5, 0.6) is 0 Å². The summed E-state index contributed by atoms with van der Waals surface area (Å²) in [6.07, 6.45) is 0.940. The molecule has 7 heteroatoms. The van der Waals surface area contributed by atoms with E-state index in [1.807, 2.05) is 24.3 Å². The van der Waals surface area contributed by atoms with E-state index in [9.17, 15) is 14.4 Å². The van der Waals surface area contributed by atoms with Crippen LogP contribution in [0.4, 0.5) is 11.4 Å². The first-order chi connectivity index (χ1) is 13.5. The number of methoxy groups -OCH3 is 1. The fourth-order valence-electron chi connectivity index (χ4n) is 3.86. The molecule has 2 heterocycles. The summed E-state index contributed by atoms with van der Waals surface area (Å²) in [4.78, 5) is 40.8. The molecule has 1 unspecified atom stereocenters. The van der Waals surface area contributed by atoms with Crippen LogP contribution in [0.2, 0.25) is 5.02 Å². The van der Waals surface area contributed by atoms with Crippen molar-refractivity contribution in [3.05, 3.63) is 58.6 Å². The van der Waals surface area contributed by atoms with Crippen LogP contribution in [0.25, 0.3) is 0 Å². The Morgan fingerprint density at radius 3 is 2.71 bits per heavy atom. The Kier molecular flexibility index (Phi) is 4.81.